The number of esters is 3. The molecule has 450 valence electrons. The SMILES string of the molecule is CC/C=C\C/C=C\C/C=C\C/C=C\C/C=C\CC(=O)OC(COC(=O)CCCCCCC/C=C\C/C=C\CCCCC)COC(=O)CCCCCCCCCCCCCCCCCCCCCCCCCCCCCCCC. The van der Waals surface area contributed by atoms with Crippen molar-refractivity contribution < 1.29 is 28.6 Å². The lowest BCUT2D eigenvalue weighted by molar-refractivity contribution is -0.166. The van der Waals surface area contributed by atoms with Crippen LogP contribution in [0, 0.1) is 0 Å². The summed E-state index contributed by atoms with van der Waals surface area (Å²) in [5, 5.41) is 0. The second kappa shape index (κ2) is 66.1. The summed E-state index contributed by atoms with van der Waals surface area (Å²) >= 11 is 0. The van der Waals surface area contributed by atoms with Gasteiger partial charge in [0, 0.05) is 12.8 Å². The van der Waals surface area contributed by atoms with Crippen molar-refractivity contribution in [1.82, 2.24) is 0 Å². The molecule has 6 nitrogen and oxygen atoms in total. The smallest absolute Gasteiger partial charge is 0.310 e. The first-order valence-electron chi connectivity index (χ1n) is 33.6. The van der Waals surface area contributed by atoms with Gasteiger partial charge in [-0.3, -0.25) is 14.4 Å². The number of rotatable bonds is 61. The molecule has 1 atom stereocenters. The van der Waals surface area contributed by atoms with Gasteiger partial charge in [-0.2, -0.15) is 0 Å². The molecule has 0 rings (SSSR count). The van der Waals surface area contributed by atoms with Crippen LogP contribution in [0.4, 0.5) is 0 Å². The van der Waals surface area contributed by atoms with Gasteiger partial charge in [0.1, 0.15) is 13.2 Å². The highest BCUT2D eigenvalue weighted by Gasteiger charge is 2.19. The van der Waals surface area contributed by atoms with Gasteiger partial charge in [0.25, 0.3) is 0 Å². The summed E-state index contributed by atoms with van der Waals surface area (Å²) in [7, 11) is 0. The largest absolute Gasteiger partial charge is 0.462 e. The third-order valence-electron chi connectivity index (χ3n) is 14.7. The Labute approximate surface area is 484 Å². The van der Waals surface area contributed by atoms with E-state index in [1.165, 1.54) is 199 Å². The Hall–Kier alpha value is -3.41. The quantitative estimate of drug-likeness (QED) is 0.0261. The lowest BCUT2D eigenvalue weighted by Gasteiger charge is -2.18. The van der Waals surface area contributed by atoms with E-state index in [9.17, 15) is 14.4 Å². The predicted octanol–water partition coefficient (Wildman–Crippen LogP) is 23.1. The second-order valence-corrected chi connectivity index (χ2v) is 22.4. The van der Waals surface area contributed by atoms with Crippen molar-refractivity contribution in [3.8, 4) is 0 Å². The molecule has 0 heterocycles. The van der Waals surface area contributed by atoms with Crippen molar-refractivity contribution >= 4 is 17.9 Å². The second-order valence-electron chi connectivity index (χ2n) is 22.4. The van der Waals surface area contributed by atoms with Crippen molar-refractivity contribution in [3.63, 3.8) is 0 Å². The van der Waals surface area contributed by atoms with Crippen LogP contribution in [-0.4, -0.2) is 37.2 Å². The van der Waals surface area contributed by atoms with E-state index in [1.54, 1.807) is 6.08 Å². The lowest BCUT2D eigenvalue weighted by atomic mass is 10.0. The van der Waals surface area contributed by atoms with E-state index in [0.717, 1.165) is 96.3 Å². The molecule has 0 aliphatic heterocycles. The molecule has 0 bridgehead atoms. The number of ether oxygens (including phenoxy) is 3. The highest BCUT2D eigenvalue weighted by atomic mass is 16.6. The van der Waals surface area contributed by atoms with Crippen LogP contribution in [0.2, 0.25) is 0 Å². The number of hydrogen-bond acceptors (Lipinski definition) is 6. The van der Waals surface area contributed by atoms with Crippen LogP contribution in [0.3, 0.4) is 0 Å². The van der Waals surface area contributed by atoms with Crippen molar-refractivity contribution in [2.45, 2.75) is 341 Å². The van der Waals surface area contributed by atoms with Gasteiger partial charge < -0.3 is 14.2 Å². The first kappa shape index (κ1) is 74.6. The fourth-order valence-electron chi connectivity index (χ4n) is 9.67. The van der Waals surface area contributed by atoms with Gasteiger partial charge in [-0.1, -0.05) is 324 Å². The molecule has 0 aromatic rings. The summed E-state index contributed by atoms with van der Waals surface area (Å²) in [5.74, 6) is -1.05. The average molecular weight is 1090 g/mol. The van der Waals surface area contributed by atoms with Crippen LogP contribution < -0.4 is 0 Å². The van der Waals surface area contributed by atoms with Gasteiger partial charge >= 0.3 is 17.9 Å². The summed E-state index contributed by atoms with van der Waals surface area (Å²) in [5.41, 5.74) is 0. The van der Waals surface area contributed by atoms with Crippen LogP contribution in [0.5, 0.6) is 0 Å². The molecule has 0 aromatic carbocycles. The minimum Gasteiger partial charge on any atom is -0.462 e. The molecule has 0 aromatic heterocycles. The molecular formula is C72H126O6. The van der Waals surface area contributed by atoms with E-state index < -0.39 is 12.1 Å². The fourth-order valence-corrected chi connectivity index (χ4v) is 9.67. The Balaban J connectivity index is 4.24. The highest BCUT2D eigenvalue weighted by molar-refractivity contribution is 5.72. The minimum atomic E-state index is -0.837. The van der Waals surface area contributed by atoms with Crippen LogP contribution in [-0.2, 0) is 28.6 Å². The molecule has 0 radical (unpaired) electrons. The minimum absolute atomic E-state index is 0.0948. The summed E-state index contributed by atoms with van der Waals surface area (Å²) in [4.78, 5) is 38.2. The van der Waals surface area contributed by atoms with Gasteiger partial charge in [0.15, 0.2) is 6.10 Å². The van der Waals surface area contributed by atoms with Crippen molar-refractivity contribution in [3.05, 3.63) is 85.1 Å². The van der Waals surface area contributed by atoms with Crippen molar-refractivity contribution in [2.24, 2.45) is 0 Å². The van der Waals surface area contributed by atoms with Gasteiger partial charge in [-0.25, -0.2) is 0 Å². The monoisotopic (exact) mass is 1090 g/mol. The topological polar surface area (TPSA) is 78.9 Å². The van der Waals surface area contributed by atoms with Crippen molar-refractivity contribution in [1.29, 1.82) is 0 Å². The van der Waals surface area contributed by atoms with Gasteiger partial charge in [0.2, 0.25) is 0 Å². The van der Waals surface area contributed by atoms with Gasteiger partial charge in [-0.05, 0) is 77.0 Å². The summed E-state index contributed by atoms with van der Waals surface area (Å²) in [6, 6.07) is 0. The average Bonchev–Trinajstić information content (AvgIpc) is 3.44. The Morgan fingerprint density at radius 1 is 0.282 bits per heavy atom. The first-order valence-corrected chi connectivity index (χ1v) is 33.6. The van der Waals surface area contributed by atoms with E-state index in [0.29, 0.717) is 12.8 Å². The Kier molecular flexibility index (Phi) is 63.2. The molecular weight excluding hydrogens is 961 g/mol. The Morgan fingerprint density at radius 2 is 0.538 bits per heavy atom. The molecule has 0 amide bonds. The molecule has 6 heteroatoms. The highest BCUT2D eigenvalue weighted by Crippen LogP contribution is 2.18. The molecule has 0 N–H and O–H groups in total. The van der Waals surface area contributed by atoms with Gasteiger partial charge in [0.05, 0.1) is 6.42 Å². The summed E-state index contributed by atoms with van der Waals surface area (Å²) in [6.45, 7) is 6.44. The van der Waals surface area contributed by atoms with E-state index in [1.807, 2.05) is 6.08 Å². The maximum atomic E-state index is 12.8. The Bertz CT molecular complexity index is 1480. The maximum absolute atomic E-state index is 12.8. The van der Waals surface area contributed by atoms with E-state index in [4.69, 9.17) is 14.2 Å². The zero-order chi connectivity index (χ0) is 56.4. The zero-order valence-corrected chi connectivity index (χ0v) is 51.7. The third-order valence-corrected chi connectivity index (χ3v) is 14.7. The van der Waals surface area contributed by atoms with Crippen LogP contribution in [0.1, 0.15) is 335 Å². The molecule has 0 saturated carbocycles. The molecule has 1 unspecified atom stereocenters. The molecule has 0 aliphatic carbocycles. The first-order chi connectivity index (χ1) is 38.5. The number of carbonyl (C=O) groups excluding carboxylic acids is 3. The van der Waals surface area contributed by atoms with Crippen molar-refractivity contribution in [2.75, 3.05) is 13.2 Å². The number of unbranched alkanes of at least 4 members (excludes halogenated alkanes) is 37. The molecule has 0 spiro atoms. The molecule has 0 saturated heterocycles. The standard InChI is InChI=1S/C72H126O6/c1-4-7-10-13-16-19-22-25-28-29-30-31-32-33-34-35-36-37-38-39-40-41-42-45-47-50-53-56-59-62-65-71(74)77-68-69(78-72(75)66-63-60-57-54-51-48-44-27-24-21-18-15-12-9-6-3)67-76-70(73)64-61-58-55-52-49-46-43-26-23-20-17-14-11-8-5-2/h9,12,17-18,20-21,26-27,43-44,51,54,60,63,69H,4-8,10-11,13-16,19,22-25,28-42,45-50,52-53,55-59,61-62,64-68H2,1-3H3/b12-9-,20-17-,21-18-,43-26-,44-27-,54-51-,63-60-. The summed E-state index contributed by atoms with van der Waals surface area (Å²) in [6.07, 6.45) is 87.9. The molecule has 78 heavy (non-hydrogen) atoms. The predicted molar refractivity (Wildman–Crippen MR) is 339 cm³/mol. The number of hydrogen-bond donors (Lipinski definition) is 0. The van der Waals surface area contributed by atoms with E-state index >= 15 is 0 Å². The number of allylic oxidation sites excluding steroid dienone is 13. The Morgan fingerprint density at radius 3 is 0.872 bits per heavy atom. The third kappa shape index (κ3) is 63.4. The number of carbonyl (C=O) groups is 3. The normalized spacial score (nSPS) is 12.6. The van der Waals surface area contributed by atoms with Crippen LogP contribution >= 0.6 is 0 Å². The van der Waals surface area contributed by atoms with E-state index in [-0.39, 0.29) is 31.6 Å². The van der Waals surface area contributed by atoms with E-state index in [2.05, 4.69) is 93.7 Å². The summed E-state index contributed by atoms with van der Waals surface area (Å²) < 4.78 is 16.8. The maximum Gasteiger partial charge on any atom is 0.310 e. The lowest BCUT2D eigenvalue weighted by Crippen LogP contribution is -2.30. The molecule has 0 aliphatic rings. The fraction of sp³-hybridized carbons (Fsp3) is 0.764. The zero-order valence-electron chi connectivity index (χ0n) is 51.7. The van der Waals surface area contributed by atoms with Crippen LogP contribution in [0.25, 0.3) is 0 Å². The van der Waals surface area contributed by atoms with Crippen LogP contribution in [0.15, 0.2) is 85.1 Å². The van der Waals surface area contributed by atoms with Gasteiger partial charge in [-0.15, -0.1) is 0 Å². The molecule has 0 fully saturated rings.